The third kappa shape index (κ3) is 4.13. The van der Waals surface area contributed by atoms with Crippen LogP contribution >= 0.6 is 0 Å². The first-order chi connectivity index (χ1) is 9.36. The number of carbonyl (C=O) groups is 1. The molecule has 5 heteroatoms. The summed E-state index contributed by atoms with van der Waals surface area (Å²) in [6, 6.07) is 5.45. The summed E-state index contributed by atoms with van der Waals surface area (Å²) in [5, 5.41) is 3.39. The van der Waals surface area contributed by atoms with E-state index in [0.29, 0.717) is 22.9 Å². The van der Waals surface area contributed by atoms with Gasteiger partial charge in [0, 0.05) is 12.6 Å². The highest BCUT2D eigenvalue weighted by atomic mass is 16.5. The third-order valence-electron chi connectivity index (χ3n) is 3.20. The van der Waals surface area contributed by atoms with Crippen LogP contribution in [-0.4, -0.2) is 44.7 Å². The number of benzene rings is 1. The Morgan fingerprint density at radius 2 is 2.05 bits per heavy atom. The first kappa shape index (κ1) is 16.3. The highest BCUT2D eigenvalue weighted by molar-refractivity contribution is 5.98. The molecule has 1 unspecified atom stereocenters. The number of rotatable bonds is 6. The van der Waals surface area contributed by atoms with E-state index < -0.39 is 0 Å². The van der Waals surface area contributed by atoms with Crippen LogP contribution in [0, 0.1) is 5.92 Å². The maximum Gasteiger partial charge on any atom is 0.340 e. The van der Waals surface area contributed by atoms with Crippen molar-refractivity contribution >= 4 is 17.3 Å². The van der Waals surface area contributed by atoms with Crippen LogP contribution in [0.25, 0.3) is 0 Å². The highest BCUT2D eigenvalue weighted by Crippen LogP contribution is 2.26. The van der Waals surface area contributed by atoms with Gasteiger partial charge in [0.15, 0.2) is 0 Å². The molecule has 0 bridgehead atoms. The molecule has 112 valence electrons. The van der Waals surface area contributed by atoms with Crippen molar-refractivity contribution in [2.24, 2.45) is 5.92 Å². The van der Waals surface area contributed by atoms with E-state index in [4.69, 9.17) is 10.5 Å². The van der Waals surface area contributed by atoms with E-state index >= 15 is 0 Å². The summed E-state index contributed by atoms with van der Waals surface area (Å²) in [4.78, 5) is 13.9. The number of carbonyl (C=O) groups excluding carboxylic acids is 1. The van der Waals surface area contributed by atoms with Gasteiger partial charge in [-0.2, -0.15) is 0 Å². The molecule has 1 aromatic carbocycles. The Bertz CT molecular complexity index is 458. The average Bonchev–Trinajstić information content (AvgIpc) is 2.38. The van der Waals surface area contributed by atoms with Gasteiger partial charge in [-0.15, -0.1) is 0 Å². The number of hydrogen-bond donors (Lipinski definition) is 2. The van der Waals surface area contributed by atoms with Crippen LogP contribution in [0.2, 0.25) is 0 Å². The monoisotopic (exact) mass is 279 g/mol. The van der Waals surface area contributed by atoms with Gasteiger partial charge in [-0.1, -0.05) is 19.9 Å². The first-order valence-corrected chi connectivity index (χ1v) is 6.74. The molecule has 0 saturated heterocycles. The van der Waals surface area contributed by atoms with Crippen LogP contribution in [0.4, 0.5) is 11.4 Å². The van der Waals surface area contributed by atoms with Crippen LogP contribution in [0.1, 0.15) is 24.2 Å². The molecule has 20 heavy (non-hydrogen) atoms. The lowest BCUT2D eigenvalue weighted by Crippen LogP contribution is -2.37. The zero-order valence-corrected chi connectivity index (χ0v) is 12.9. The van der Waals surface area contributed by atoms with Gasteiger partial charge in [0.05, 0.1) is 24.0 Å². The normalized spacial score (nSPS) is 12.6. The Hall–Kier alpha value is -1.75. The summed E-state index contributed by atoms with van der Waals surface area (Å²) in [6.45, 7) is 5.13. The number of nitrogen functional groups attached to an aromatic ring is 1. The predicted octanol–water partition coefficient (Wildman–Crippen LogP) is 2.05. The number of ether oxygens (including phenoxy) is 1. The smallest absolute Gasteiger partial charge is 0.340 e. The number of likely N-dealkylation sites (N-methyl/N-ethyl adjacent to an activating group) is 1. The minimum absolute atomic E-state index is 0.193. The number of nitrogens with one attached hydrogen (secondary N) is 1. The molecule has 5 nitrogen and oxygen atoms in total. The van der Waals surface area contributed by atoms with E-state index in [1.54, 1.807) is 18.2 Å². The van der Waals surface area contributed by atoms with Crippen molar-refractivity contribution in [2.45, 2.75) is 19.9 Å². The fourth-order valence-corrected chi connectivity index (χ4v) is 2.01. The lowest BCUT2D eigenvalue weighted by Gasteiger charge is -2.28. The van der Waals surface area contributed by atoms with Gasteiger partial charge in [0.1, 0.15) is 0 Å². The van der Waals surface area contributed by atoms with E-state index in [-0.39, 0.29) is 12.0 Å². The zero-order valence-electron chi connectivity index (χ0n) is 12.9. The minimum atomic E-state index is -0.382. The quantitative estimate of drug-likeness (QED) is 0.616. The molecule has 0 heterocycles. The van der Waals surface area contributed by atoms with Crippen LogP contribution in [-0.2, 0) is 4.74 Å². The van der Waals surface area contributed by atoms with E-state index in [1.165, 1.54) is 7.11 Å². The molecule has 0 aliphatic carbocycles. The van der Waals surface area contributed by atoms with Crippen molar-refractivity contribution in [3.63, 3.8) is 0 Å². The molecule has 0 amide bonds. The summed E-state index contributed by atoms with van der Waals surface area (Å²) in [5.41, 5.74) is 7.68. The second-order valence-corrected chi connectivity index (χ2v) is 5.52. The molecule has 0 aliphatic rings. The molecule has 0 radical (unpaired) electrons. The van der Waals surface area contributed by atoms with Crippen LogP contribution in [0.3, 0.4) is 0 Å². The second-order valence-electron chi connectivity index (χ2n) is 5.52. The minimum Gasteiger partial charge on any atom is -0.465 e. The van der Waals surface area contributed by atoms with Crippen molar-refractivity contribution in [2.75, 3.05) is 38.8 Å². The predicted molar refractivity (Wildman–Crippen MR) is 83.0 cm³/mol. The molecule has 0 fully saturated rings. The number of nitrogens with two attached hydrogens (primary N) is 1. The average molecular weight is 279 g/mol. The molecule has 1 atom stereocenters. The Morgan fingerprint density at radius 3 is 2.55 bits per heavy atom. The molecular weight excluding hydrogens is 254 g/mol. The fraction of sp³-hybridized carbons (Fsp3) is 0.533. The van der Waals surface area contributed by atoms with Gasteiger partial charge in [-0.05, 0) is 32.1 Å². The van der Waals surface area contributed by atoms with Crippen molar-refractivity contribution in [3.8, 4) is 0 Å². The molecule has 0 aliphatic heterocycles. The molecule has 3 N–H and O–H groups in total. The van der Waals surface area contributed by atoms with Crippen LogP contribution in [0.5, 0.6) is 0 Å². The van der Waals surface area contributed by atoms with Gasteiger partial charge in [-0.25, -0.2) is 4.79 Å². The fourth-order valence-electron chi connectivity index (χ4n) is 2.01. The summed E-state index contributed by atoms with van der Waals surface area (Å²) >= 11 is 0. The summed E-state index contributed by atoms with van der Waals surface area (Å²) in [5.74, 6) is 0.0228. The van der Waals surface area contributed by atoms with Gasteiger partial charge < -0.3 is 20.7 Å². The van der Waals surface area contributed by atoms with Crippen molar-refractivity contribution in [1.29, 1.82) is 0 Å². The number of esters is 1. The maximum absolute atomic E-state index is 11.8. The van der Waals surface area contributed by atoms with Gasteiger partial charge >= 0.3 is 5.97 Å². The highest BCUT2D eigenvalue weighted by Gasteiger charge is 2.20. The lowest BCUT2D eigenvalue weighted by molar-refractivity contribution is 0.0602. The zero-order chi connectivity index (χ0) is 15.3. The molecule has 0 saturated carbocycles. The van der Waals surface area contributed by atoms with Crippen LogP contribution < -0.4 is 11.1 Å². The number of anilines is 2. The van der Waals surface area contributed by atoms with Crippen molar-refractivity contribution in [1.82, 2.24) is 4.90 Å². The summed E-state index contributed by atoms with van der Waals surface area (Å²) in [6.07, 6.45) is 0. The Kier molecular flexibility index (Phi) is 5.82. The van der Waals surface area contributed by atoms with E-state index in [0.717, 1.165) is 6.54 Å². The molecule has 0 spiro atoms. The standard InChI is InChI=1S/C15H25N3O2/c1-10(2)13(9-18(3)4)17-14-11(15(19)20-5)7-6-8-12(14)16/h6-8,10,13,17H,9,16H2,1-5H3. The van der Waals surface area contributed by atoms with Crippen molar-refractivity contribution < 1.29 is 9.53 Å². The Labute approximate surface area is 121 Å². The van der Waals surface area contributed by atoms with E-state index in [1.807, 2.05) is 14.1 Å². The number of nitrogens with zero attached hydrogens (tertiary/aromatic N) is 1. The second kappa shape index (κ2) is 7.14. The van der Waals surface area contributed by atoms with Gasteiger partial charge in [0.2, 0.25) is 0 Å². The molecular formula is C15H25N3O2. The SMILES string of the molecule is COC(=O)c1cccc(N)c1NC(CN(C)C)C(C)C. The topological polar surface area (TPSA) is 67.6 Å². The third-order valence-corrected chi connectivity index (χ3v) is 3.20. The number of para-hydroxylation sites is 1. The summed E-state index contributed by atoms with van der Waals surface area (Å²) < 4.78 is 4.81. The number of hydrogen-bond acceptors (Lipinski definition) is 5. The Balaban J connectivity index is 3.08. The van der Waals surface area contributed by atoms with Crippen molar-refractivity contribution in [3.05, 3.63) is 23.8 Å². The van der Waals surface area contributed by atoms with Gasteiger partial charge in [-0.3, -0.25) is 0 Å². The van der Waals surface area contributed by atoms with E-state index in [9.17, 15) is 4.79 Å². The summed E-state index contributed by atoms with van der Waals surface area (Å²) in [7, 11) is 5.41. The number of methoxy groups -OCH3 is 1. The Morgan fingerprint density at radius 1 is 1.40 bits per heavy atom. The largest absolute Gasteiger partial charge is 0.465 e. The first-order valence-electron chi connectivity index (χ1n) is 6.74. The van der Waals surface area contributed by atoms with E-state index in [2.05, 4.69) is 24.1 Å². The molecule has 1 rings (SSSR count). The maximum atomic E-state index is 11.8. The van der Waals surface area contributed by atoms with Gasteiger partial charge in [0.25, 0.3) is 0 Å². The molecule has 1 aromatic rings. The van der Waals surface area contributed by atoms with Crippen LogP contribution in [0.15, 0.2) is 18.2 Å². The lowest BCUT2D eigenvalue weighted by atomic mass is 10.0. The molecule has 0 aromatic heterocycles.